The van der Waals surface area contributed by atoms with E-state index >= 15 is 0 Å². The maximum Gasteiger partial charge on any atom is 0.469 e. The summed E-state index contributed by atoms with van der Waals surface area (Å²) in [4.78, 5) is 16.6. The molecule has 4 atom stereocenters. The molecule has 0 radical (unpaired) electrons. The number of ether oxygens (including phenoxy) is 1. The average Bonchev–Trinajstić information content (AvgIpc) is 2.28. The van der Waals surface area contributed by atoms with E-state index in [1.165, 1.54) is 0 Å². The number of aliphatic hydroxyl groups is 2. The number of phosphoric acid groups is 1. The average molecular weight is 232 g/mol. The van der Waals surface area contributed by atoms with E-state index in [1.54, 1.807) is 0 Å². The van der Waals surface area contributed by atoms with E-state index in [0.717, 1.165) is 0 Å². The first-order valence-electron chi connectivity index (χ1n) is 3.67. The van der Waals surface area contributed by atoms with Gasteiger partial charge in [0.25, 0.3) is 0 Å². The number of rotatable bonds is 3. The van der Waals surface area contributed by atoms with Gasteiger partial charge in [-0.05, 0) is 0 Å². The zero-order valence-corrected chi connectivity index (χ0v) is 7.75. The van der Waals surface area contributed by atoms with Crippen LogP contribution in [0.3, 0.4) is 0 Å². The van der Waals surface area contributed by atoms with Gasteiger partial charge in [0.2, 0.25) is 6.36 Å². The Hall–Kier alpha value is -0.0800. The third-order valence-corrected chi connectivity index (χ3v) is 2.20. The molecule has 84 valence electrons. The highest BCUT2D eigenvalue weighted by Crippen LogP contribution is 2.37. The van der Waals surface area contributed by atoms with E-state index in [9.17, 15) is 8.96 Å². The molecule has 1 unspecified atom stereocenters. The molecule has 7 nitrogen and oxygen atoms in total. The first-order chi connectivity index (χ1) is 6.31. The quantitative estimate of drug-likeness (QED) is 0.438. The van der Waals surface area contributed by atoms with Crippen LogP contribution in [0.15, 0.2) is 0 Å². The summed E-state index contributed by atoms with van der Waals surface area (Å²) < 4.78 is 31.1. The fourth-order valence-corrected chi connectivity index (χ4v) is 1.35. The lowest BCUT2D eigenvalue weighted by atomic mass is 10.1. The highest BCUT2D eigenvalue weighted by atomic mass is 31.2. The molecule has 9 heteroatoms. The number of halogens is 1. The van der Waals surface area contributed by atoms with E-state index in [0.29, 0.717) is 0 Å². The van der Waals surface area contributed by atoms with Crippen molar-refractivity contribution in [2.24, 2.45) is 0 Å². The molecule has 1 saturated heterocycles. The summed E-state index contributed by atoms with van der Waals surface area (Å²) in [7, 11) is -4.68. The molecule has 1 aliphatic rings. The Labute approximate surface area is 78.3 Å². The van der Waals surface area contributed by atoms with Crippen LogP contribution < -0.4 is 0 Å². The molecule has 1 rings (SSSR count). The van der Waals surface area contributed by atoms with Crippen molar-refractivity contribution in [1.82, 2.24) is 0 Å². The van der Waals surface area contributed by atoms with Gasteiger partial charge >= 0.3 is 7.82 Å². The van der Waals surface area contributed by atoms with Crippen LogP contribution in [-0.2, 0) is 13.8 Å². The lowest BCUT2D eigenvalue weighted by Gasteiger charge is -2.14. The van der Waals surface area contributed by atoms with Crippen molar-refractivity contribution in [3.63, 3.8) is 0 Å². The first-order valence-corrected chi connectivity index (χ1v) is 5.20. The largest absolute Gasteiger partial charge is 0.469 e. The van der Waals surface area contributed by atoms with Crippen molar-refractivity contribution in [1.29, 1.82) is 0 Å². The first kappa shape index (κ1) is 12.0. The molecule has 0 aromatic heterocycles. The van der Waals surface area contributed by atoms with Gasteiger partial charge in [0.15, 0.2) is 0 Å². The number of hydrogen-bond acceptors (Lipinski definition) is 5. The van der Waals surface area contributed by atoms with Gasteiger partial charge in [-0.1, -0.05) is 0 Å². The molecule has 1 fully saturated rings. The lowest BCUT2D eigenvalue weighted by Crippen LogP contribution is -2.33. The minimum atomic E-state index is -4.68. The third kappa shape index (κ3) is 2.96. The molecular weight excluding hydrogens is 222 g/mol. The van der Waals surface area contributed by atoms with Crippen molar-refractivity contribution >= 4 is 7.82 Å². The molecule has 0 aliphatic carbocycles. The standard InChI is InChI=1S/C5H10FO7P/c6-5-4(8)3(7)2(13-5)1-12-14(9,10)11/h2-5,7-8H,1H2,(H2,9,10,11)/t2-,3?,4+,5+/m1/s1. The van der Waals surface area contributed by atoms with E-state index < -0.39 is 39.1 Å². The minimum Gasteiger partial charge on any atom is -0.387 e. The van der Waals surface area contributed by atoms with E-state index in [2.05, 4.69) is 9.26 Å². The molecule has 1 heterocycles. The number of alkyl halides is 1. The molecule has 14 heavy (non-hydrogen) atoms. The van der Waals surface area contributed by atoms with Gasteiger partial charge < -0.3 is 24.7 Å². The highest BCUT2D eigenvalue weighted by molar-refractivity contribution is 7.46. The van der Waals surface area contributed by atoms with Crippen molar-refractivity contribution in [2.45, 2.75) is 24.7 Å². The normalized spacial score (nSPS) is 38.9. The van der Waals surface area contributed by atoms with Crippen LogP contribution in [0.1, 0.15) is 0 Å². The number of phosphoric ester groups is 1. The maximum absolute atomic E-state index is 12.6. The molecule has 4 N–H and O–H groups in total. The summed E-state index contributed by atoms with van der Waals surface area (Å²) in [5.41, 5.74) is 0. The van der Waals surface area contributed by atoms with Crippen LogP contribution in [0.25, 0.3) is 0 Å². The van der Waals surface area contributed by atoms with Crippen molar-refractivity contribution in [3.8, 4) is 0 Å². The lowest BCUT2D eigenvalue weighted by molar-refractivity contribution is -0.0816. The summed E-state index contributed by atoms with van der Waals surface area (Å²) >= 11 is 0. The number of aliphatic hydroxyl groups excluding tert-OH is 2. The zero-order valence-electron chi connectivity index (χ0n) is 6.86. The molecule has 0 aromatic rings. The maximum atomic E-state index is 12.6. The van der Waals surface area contributed by atoms with Crippen LogP contribution in [0.2, 0.25) is 0 Å². The number of hydrogen-bond donors (Lipinski definition) is 4. The van der Waals surface area contributed by atoms with E-state index in [-0.39, 0.29) is 0 Å². The van der Waals surface area contributed by atoms with Crippen molar-refractivity contribution in [2.75, 3.05) is 6.61 Å². The molecule has 1 aliphatic heterocycles. The fraction of sp³-hybridized carbons (Fsp3) is 1.00. The third-order valence-electron chi connectivity index (χ3n) is 1.71. The molecule has 0 spiro atoms. The Kier molecular flexibility index (Phi) is 3.59. The Bertz CT molecular complexity index is 242. The minimum absolute atomic E-state index is 0.692. The zero-order chi connectivity index (χ0) is 10.9. The smallest absolute Gasteiger partial charge is 0.387 e. The second kappa shape index (κ2) is 4.19. The van der Waals surface area contributed by atoms with E-state index in [1.807, 2.05) is 0 Å². The van der Waals surface area contributed by atoms with Gasteiger partial charge in [0.05, 0.1) is 6.61 Å². The van der Waals surface area contributed by atoms with Gasteiger partial charge in [0.1, 0.15) is 18.3 Å². The summed E-state index contributed by atoms with van der Waals surface area (Å²) in [5.74, 6) is 0. The van der Waals surface area contributed by atoms with Crippen molar-refractivity contribution in [3.05, 3.63) is 0 Å². The Morgan fingerprint density at radius 2 is 1.93 bits per heavy atom. The van der Waals surface area contributed by atoms with E-state index in [4.69, 9.17) is 20.0 Å². The summed E-state index contributed by atoms with van der Waals surface area (Å²) in [6.07, 6.45) is -6.64. The molecule has 0 aromatic carbocycles. The van der Waals surface area contributed by atoms with Gasteiger partial charge in [-0.15, -0.1) is 0 Å². The van der Waals surface area contributed by atoms with Gasteiger partial charge in [-0.25, -0.2) is 8.96 Å². The topological polar surface area (TPSA) is 116 Å². The van der Waals surface area contributed by atoms with Gasteiger partial charge in [-0.2, -0.15) is 0 Å². The van der Waals surface area contributed by atoms with Crippen LogP contribution in [0, 0.1) is 0 Å². The van der Waals surface area contributed by atoms with Gasteiger partial charge in [0, 0.05) is 0 Å². The van der Waals surface area contributed by atoms with Crippen LogP contribution in [0.5, 0.6) is 0 Å². The molecule has 0 bridgehead atoms. The van der Waals surface area contributed by atoms with Crippen molar-refractivity contribution < 1.29 is 38.2 Å². The predicted molar refractivity (Wildman–Crippen MR) is 39.8 cm³/mol. The summed E-state index contributed by atoms with van der Waals surface area (Å²) in [6, 6.07) is 0. The molecule has 0 saturated carbocycles. The molecule has 0 amide bonds. The highest BCUT2D eigenvalue weighted by Gasteiger charge is 2.43. The SMILES string of the molecule is O=P(O)(O)OC[C@H]1O[C@H](F)[C@@H](O)C1O. The predicted octanol–water partition coefficient (Wildman–Crippen LogP) is -1.49. The second-order valence-electron chi connectivity index (χ2n) is 2.79. The Morgan fingerprint density at radius 1 is 1.36 bits per heavy atom. The fourth-order valence-electron chi connectivity index (χ4n) is 1.01. The second-order valence-corrected chi connectivity index (χ2v) is 4.03. The summed E-state index contributed by atoms with van der Waals surface area (Å²) in [5, 5.41) is 17.9. The van der Waals surface area contributed by atoms with Crippen LogP contribution in [-0.4, -0.2) is 51.3 Å². The Balaban J connectivity index is 2.44. The summed E-state index contributed by atoms with van der Waals surface area (Å²) in [6.45, 7) is -0.692. The monoisotopic (exact) mass is 232 g/mol. The molecular formula is C5H10FO7P. The van der Waals surface area contributed by atoms with Crippen LogP contribution >= 0.6 is 7.82 Å². The van der Waals surface area contributed by atoms with Crippen LogP contribution in [0.4, 0.5) is 4.39 Å². The Morgan fingerprint density at radius 3 is 2.29 bits per heavy atom. The van der Waals surface area contributed by atoms with Gasteiger partial charge in [-0.3, -0.25) is 4.52 Å².